The standard InChI is InChI=1S/C13H7ClFN3O.C11H6ClN3OS/c14-13-17-12(16-10-2-1-7-18(10)13)11(19)8-3-5-9(15)6-4-8;12-11-14-10(9(16)7-3-2-6-17-7)13-8-4-1-5-15(8)11/h1-7H;1-6H. The molecule has 0 saturated carbocycles. The molecule has 0 fully saturated rings. The molecule has 0 aliphatic rings. The Bertz CT molecular complexity index is 1710. The maximum Gasteiger partial charge on any atom is 0.240 e. The van der Waals surface area contributed by atoms with E-state index in [0.29, 0.717) is 21.7 Å². The molecular weight excluding hydrogens is 526 g/mol. The SMILES string of the molecule is O=C(c1ccc(F)cc1)c1nc(Cl)n2cccc2n1.O=C(c1nc(Cl)n2cccc2n1)c1cccs1. The van der Waals surface area contributed by atoms with Gasteiger partial charge in [-0.2, -0.15) is 9.97 Å². The summed E-state index contributed by atoms with van der Waals surface area (Å²) >= 11 is 13.3. The molecule has 5 aromatic heterocycles. The third-order valence-electron chi connectivity index (χ3n) is 4.95. The van der Waals surface area contributed by atoms with Crippen molar-refractivity contribution >= 4 is 57.4 Å². The van der Waals surface area contributed by atoms with Crippen molar-refractivity contribution < 1.29 is 14.0 Å². The summed E-state index contributed by atoms with van der Waals surface area (Å²) in [4.78, 5) is 41.1. The highest BCUT2D eigenvalue weighted by Gasteiger charge is 2.16. The maximum atomic E-state index is 12.8. The van der Waals surface area contributed by atoms with Crippen LogP contribution in [-0.2, 0) is 0 Å². The molecule has 6 rings (SSSR count). The largest absolute Gasteiger partial charge is 0.285 e. The molecule has 178 valence electrons. The molecule has 0 N–H and O–H groups in total. The van der Waals surface area contributed by atoms with Crippen molar-refractivity contribution in [2.45, 2.75) is 0 Å². The number of carbonyl (C=O) groups is 2. The Morgan fingerprint density at radius 1 is 0.722 bits per heavy atom. The number of ketones is 2. The van der Waals surface area contributed by atoms with Gasteiger partial charge in [-0.15, -0.1) is 11.3 Å². The Hall–Kier alpha value is -3.99. The number of rotatable bonds is 4. The molecule has 5 heterocycles. The summed E-state index contributed by atoms with van der Waals surface area (Å²) in [6, 6.07) is 15.8. The maximum absolute atomic E-state index is 12.8. The van der Waals surface area contributed by atoms with Crippen LogP contribution < -0.4 is 0 Å². The van der Waals surface area contributed by atoms with Gasteiger partial charge in [-0.1, -0.05) is 6.07 Å². The van der Waals surface area contributed by atoms with Crippen molar-refractivity contribution in [1.29, 1.82) is 0 Å². The van der Waals surface area contributed by atoms with Gasteiger partial charge in [0.25, 0.3) is 0 Å². The second-order valence-electron chi connectivity index (χ2n) is 7.25. The molecule has 0 aliphatic carbocycles. The van der Waals surface area contributed by atoms with Gasteiger partial charge in [0.15, 0.2) is 0 Å². The van der Waals surface area contributed by atoms with Crippen LogP contribution in [0.1, 0.15) is 31.7 Å². The fourth-order valence-corrected chi connectivity index (χ4v) is 4.34. The first-order valence-electron chi connectivity index (χ1n) is 10.3. The summed E-state index contributed by atoms with van der Waals surface area (Å²) in [6.45, 7) is 0. The lowest BCUT2D eigenvalue weighted by atomic mass is 10.1. The second-order valence-corrected chi connectivity index (χ2v) is 8.87. The molecule has 8 nitrogen and oxygen atoms in total. The zero-order valence-electron chi connectivity index (χ0n) is 18.0. The predicted octanol–water partition coefficient (Wildman–Crippen LogP) is 5.43. The topological polar surface area (TPSA) is 94.5 Å². The van der Waals surface area contributed by atoms with Crippen LogP contribution >= 0.6 is 34.5 Å². The highest BCUT2D eigenvalue weighted by Crippen LogP contribution is 2.16. The normalized spacial score (nSPS) is 10.9. The third kappa shape index (κ3) is 4.74. The Balaban J connectivity index is 0.000000149. The van der Waals surface area contributed by atoms with E-state index in [1.807, 2.05) is 11.4 Å². The minimum absolute atomic E-state index is 0.0113. The number of hydrogen-bond donors (Lipinski definition) is 0. The smallest absolute Gasteiger partial charge is 0.240 e. The van der Waals surface area contributed by atoms with Crippen molar-refractivity contribution in [3.8, 4) is 0 Å². The molecule has 6 aromatic rings. The molecule has 0 radical (unpaired) electrons. The summed E-state index contributed by atoms with van der Waals surface area (Å²) in [6.07, 6.45) is 3.45. The lowest BCUT2D eigenvalue weighted by Gasteiger charge is -2.02. The number of benzene rings is 1. The van der Waals surface area contributed by atoms with Gasteiger partial charge in [0.2, 0.25) is 33.8 Å². The molecular formula is C24H13Cl2FN6O2S. The Morgan fingerprint density at radius 2 is 1.28 bits per heavy atom. The first kappa shape index (κ1) is 23.7. The van der Waals surface area contributed by atoms with E-state index in [1.165, 1.54) is 35.6 Å². The number of hydrogen-bond acceptors (Lipinski definition) is 7. The average Bonchev–Trinajstić information content (AvgIpc) is 3.66. The number of thiophene rings is 1. The number of halogens is 3. The lowest BCUT2D eigenvalue weighted by molar-refractivity contribution is 0.102. The molecule has 0 amide bonds. The van der Waals surface area contributed by atoms with Gasteiger partial charge in [0.1, 0.15) is 17.1 Å². The molecule has 0 unspecified atom stereocenters. The summed E-state index contributed by atoms with van der Waals surface area (Å²) in [5.41, 5.74) is 1.46. The van der Waals surface area contributed by atoms with Gasteiger partial charge < -0.3 is 0 Å². The van der Waals surface area contributed by atoms with Crippen molar-refractivity contribution in [2.24, 2.45) is 0 Å². The van der Waals surface area contributed by atoms with E-state index < -0.39 is 11.6 Å². The minimum Gasteiger partial charge on any atom is -0.285 e. The average molecular weight is 539 g/mol. The molecule has 1 aromatic carbocycles. The number of carbonyl (C=O) groups excluding carboxylic acids is 2. The summed E-state index contributed by atoms with van der Waals surface area (Å²) in [5.74, 6) is -0.889. The summed E-state index contributed by atoms with van der Waals surface area (Å²) in [5, 5.41) is 2.23. The molecule has 36 heavy (non-hydrogen) atoms. The first-order chi connectivity index (χ1) is 17.4. The summed E-state index contributed by atoms with van der Waals surface area (Å²) < 4.78 is 16.0. The van der Waals surface area contributed by atoms with Crippen LogP contribution in [0.25, 0.3) is 11.3 Å². The van der Waals surface area contributed by atoms with Crippen LogP contribution in [-0.4, -0.2) is 40.3 Å². The fourth-order valence-electron chi connectivity index (χ4n) is 3.24. The van der Waals surface area contributed by atoms with Gasteiger partial charge in [-0.25, -0.2) is 14.4 Å². The number of nitrogens with zero attached hydrogens (tertiary/aromatic N) is 6. The van der Waals surface area contributed by atoms with Gasteiger partial charge in [0, 0.05) is 18.0 Å². The van der Waals surface area contributed by atoms with Crippen LogP contribution in [0.3, 0.4) is 0 Å². The summed E-state index contributed by atoms with van der Waals surface area (Å²) in [7, 11) is 0. The number of fused-ring (bicyclic) bond motifs is 2. The Labute approximate surface area is 216 Å². The molecule has 0 aliphatic heterocycles. The molecule has 0 spiro atoms. The number of aromatic nitrogens is 6. The van der Waals surface area contributed by atoms with Gasteiger partial charge >= 0.3 is 0 Å². The molecule has 0 atom stereocenters. The predicted molar refractivity (Wildman–Crippen MR) is 134 cm³/mol. The quantitative estimate of drug-likeness (QED) is 0.278. The van der Waals surface area contributed by atoms with Crippen molar-refractivity contribution in [1.82, 2.24) is 28.7 Å². The lowest BCUT2D eigenvalue weighted by Crippen LogP contribution is -2.09. The van der Waals surface area contributed by atoms with E-state index in [4.69, 9.17) is 23.2 Å². The monoisotopic (exact) mass is 538 g/mol. The molecule has 0 bridgehead atoms. The van der Waals surface area contributed by atoms with Crippen molar-refractivity contribution in [3.63, 3.8) is 0 Å². The van der Waals surface area contributed by atoms with E-state index in [1.54, 1.807) is 51.5 Å². The Kier molecular flexibility index (Phi) is 6.55. The zero-order valence-corrected chi connectivity index (χ0v) is 20.4. The van der Waals surface area contributed by atoms with Gasteiger partial charge in [-0.05, 0) is 83.2 Å². The minimum atomic E-state index is -0.405. The van der Waals surface area contributed by atoms with E-state index >= 15 is 0 Å². The Morgan fingerprint density at radius 3 is 1.81 bits per heavy atom. The molecule has 0 saturated heterocycles. The van der Waals surface area contributed by atoms with Crippen LogP contribution in [0.2, 0.25) is 10.6 Å². The highest BCUT2D eigenvalue weighted by molar-refractivity contribution is 7.12. The van der Waals surface area contributed by atoms with Gasteiger partial charge in [-0.3, -0.25) is 18.4 Å². The van der Waals surface area contributed by atoms with E-state index in [2.05, 4.69) is 19.9 Å². The van der Waals surface area contributed by atoms with Crippen LogP contribution in [0.4, 0.5) is 4.39 Å². The highest BCUT2D eigenvalue weighted by atomic mass is 35.5. The molecule has 12 heteroatoms. The van der Waals surface area contributed by atoms with Crippen LogP contribution in [0.5, 0.6) is 0 Å². The van der Waals surface area contributed by atoms with Crippen molar-refractivity contribution in [2.75, 3.05) is 0 Å². The van der Waals surface area contributed by atoms with E-state index in [-0.39, 0.29) is 28.0 Å². The first-order valence-corrected chi connectivity index (χ1v) is 11.9. The van der Waals surface area contributed by atoms with E-state index in [9.17, 15) is 14.0 Å². The zero-order chi connectivity index (χ0) is 25.2. The van der Waals surface area contributed by atoms with Crippen LogP contribution in [0.15, 0.2) is 78.4 Å². The fraction of sp³-hybridized carbons (Fsp3) is 0. The van der Waals surface area contributed by atoms with E-state index in [0.717, 1.165) is 0 Å². The van der Waals surface area contributed by atoms with Crippen LogP contribution in [0, 0.1) is 5.82 Å². The van der Waals surface area contributed by atoms with Gasteiger partial charge in [0.05, 0.1) is 4.88 Å². The third-order valence-corrected chi connectivity index (χ3v) is 6.35. The van der Waals surface area contributed by atoms with Crippen molar-refractivity contribution in [3.05, 3.63) is 117 Å². The second kappa shape index (κ2) is 9.94.